The number of hydrogen-bond acceptors (Lipinski definition) is 3. The third-order valence-electron chi connectivity index (χ3n) is 8.11. The van der Waals surface area contributed by atoms with Crippen LogP contribution in [0, 0.1) is 38.5 Å². The molecule has 0 atom stereocenters. The van der Waals surface area contributed by atoms with Gasteiger partial charge in [0.15, 0.2) is 5.13 Å². The molecule has 150 valence electrons. The molecule has 4 aliphatic rings. The Morgan fingerprint density at radius 2 is 1.48 bits per heavy atom. The number of anilines is 1. The minimum atomic E-state index is 0.348. The molecule has 1 heterocycles. The van der Waals surface area contributed by atoms with Crippen molar-refractivity contribution in [3.05, 3.63) is 46.5 Å². The van der Waals surface area contributed by atoms with Crippen molar-refractivity contribution in [2.75, 3.05) is 5.73 Å². The fourth-order valence-electron chi connectivity index (χ4n) is 7.72. The number of thiazole rings is 1. The van der Waals surface area contributed by atoms with Gasteiger partial charge in [-0.3, -0.25) is 0 Å². The quantitative estimate of drug-likeness (QED) is 0.504. The molecule has 4 fully saturated rings. The van der Waals surface area contributed by atoms with E-state index in [2.05, 4.69) is 45.0 Å². The second-order valence-corrected chi connectivity index (χ2v) is 11.4. The smallest absolute Gasteiger partial charge is 0.181 e. The van der Waals surface area contributed by atoms with Gasteiger partial charge in [0.2, 0.25) is 0 Å². The van der Waals surface area contributed by atoms with Crippen molar-refractivity contribution in [2.24, 2.45) is 17.8 Å². The summed E-state index contributed by atoms with van der Waals surface area (Å²) in [5.74, 6) is 2.81. The Kier molecular flexibility index (Phi) is 3.76. The molecule has 0 unspecified atom stereocenters. The zero-order valence-corrected chi connectivity index (χ0v) is 18.5. The second-order valence-electron chi connectivity index (χ2n) is 10.4. The van der Waals surface area contributed by atoms with Gasteiger partial charge >= 0.3 is 0 Å². The van der Waals surface area contributed by atoms with E-state index in [1.54, 1.807) is 16.9 Å². The van der Waals surface area contributed by atoms with Gasteiger partial charge in [0.05, 0.1) is 10.2 Å². The van der Waals surface area contributed by atoms with Crippen LogP contribution in [0.15, 0.2) is 24.3 Å². The fourth-order valence-corrected chi connectivity index (χ4v) is 8.46. The van der Waals surface area contributed by atoms with Gasteiger partial charge in [-0.05, 0) is 111 Å². The molecule has 0 spiro atoms. The lowest BCUT2D eigenvalue weighted by molar-refractivity contribution is -0.00487. The van der Waals surface area contributed by atoms with Crippen LogP contribution in [0.4, 0.5) is 5.13 Å². The standard InChI is InChI=1S/C26H30N2S/c1-14-6-15(2)22(16(3)7-14)23-20(4-5-21-24(23)28-25(27)29-21)26-11-17-8-18(12-26)10-19(9-17)13-26/h4-7,17-19H,8-13H2,1-3H3,(H2,27,28). The SMILES string of the molecule is Cc1cc(C)c(-c2c(C34CC5CC(CC(C5)C3)C4)ccc3sc(N)nc23)c(C)c1. The summed E-state index contributed by atoms with van der Waals surface area (Å²) in [5.41, 5.74) is 16.1. The Balaban J connectivity index is 1.66. The Hall–Kier alpha value is -1.87. The third kappa shape index (κ3) is 2.63. The first-order valence-electron chi connectivity index (χ1n) is 11.2. The van der Waals surface area contributed by atoms with Gasteiger partial charge in [0.25, 0.3) is 0 Å². The number of aromatic nitrogens is 1. The largest absolute Gasteiger partial charge is 0.375 e. The van der Waals surface area contributed by atoms with E-state index in [1.807, 2.05) is 0 Å². The molecule has 2 aromatic carbocycles. The maximum Gasteiger partial charge on any atom is 0.181 e. The van der Waals surface area contributed by atoms with Gasteiger partial charge in [0.1, 0.15) is 0 Å². The van der Waals surface area contributed by atoms with Crippen LogP contribution in [-0.2, 0) is 5.41 Å². The summed E-state index contributed by atoms with van der Waals surface area (Å²) in [5, 5.41) is 0.686. The molecule has 2 nitrogen and oxygen atoms in total. The van der Waals surface area contributed by atoms with E-state index >= 15 is 0 Å². The molecule has 2 N–H and O–H groups in total. The highest BCUT2D eigenvalue weighted by Gasteiger charge is 2.52. The maximum absolute atomic E-state index is 6.20. The Labute approximate surface area is 177 Å². The first-order chi connectivity index (χ1) is 13.9. The fraction of sp³-hybridized carbons (Fsp3) is 0.500. The lowest BCUT2D eigenvalue weighted by Crippen LogP contribution is -2.48. The number of fused-ring (bicyclic) bond motifs is 1. The predicted molar refractivity (Wildman–Crippen MR) is 124 cm³/mol. The third-order valence-corrected chi connectivity index (χ3v) is 8.96. The van der Waals surface area contributed by atoms with Crippen LogP contribution in [0.25, 0.3) is 21.3 Å². The second kappa shape index (κ2) is 6.07. The lowest BCUT2D eigenvalue weighted by atomic mass is 9.47. The van der Waals surface area contributed by atoms with Crippen LogP contribution in [0.3, 0.4) is 0 Å². The summed E-state index contributed by atoms with van der Waals surface area (Å²) >= 11 is 1.63. The maximum atomic E-state index is 6.20. The highest BCUT2D eigenvalue weighted by atomic mass is 32.1. The lowest BCUT2D eigenvalue weighted by Gasteiger charge is -2.57. The van der Waals surface area contributed by atoms with E-state index < -0.39 is 0 Å². The molecule has 4 saturated carbocycles. The highest BCUT2D eigenvalue weighted by Crippen LogP contribution is 2.62. The zero-order chi connectivity index (χ0) is 19.9. The van der Waals surface area contributed by atoms with Crippen molar-refractivity contribution in [1.29, 1.82) is 0 Å². The summed E-state index contributed by atoms with van der Waals surface area (Å²) in [6.07, 6.45) is 8.55. The zero-order valence-electron chi connectivity index (χ0n) is 17.7. The number of aryl methyl sites for hydroxylation is 3. The molecule has 0 amide bonds. The summed E-state index contributed by atoms with van der Waals surface area (Å²) < 4.78 is 1.23. The van der Waals surface area contributed by atoms with Crippen LogP contribution in [0.1, 0.15) is 60.8 Å². The molecular formula is C26H30N2S. The number of rotatable bonds is 2. The van der Waals surface area contributed by atoms with Gasteiger partial charge < -0.3 is 5.73 Å². The normalized spacial score (nSPS) is 30.4. The number of nitrogen functional groups attached to an aromatic ring is 1. The summed E-state index contributed by atoms with van der Waals surface area (Å²) in [7, 11) is 0. The number of benzene rings is 2. The summed E-state index contributed by atoms with van der Waals surface area (Å²) in [6, 6.07) is 9.43. The van der Waals surface area contributed by atoms with Crippen molar-refractivity contribution < 1.29 is 0 Å². The molecule has 29 heavy (non-hydrogen) atoms. The predicted octanol–water partition coefficient (Wildman–Crippen LogP) is 6.94. The van der Waals surface area contributed by atoms with Crippen molar-refractivity contribution >= 4 is 26.7 Å². The van der Waals surface area contributed by atoms with Crippen molar-refractivity contribution in [3.8, 4) is 11.1 Å². The number of hydrogen-bond donors (Lipinski definition) is 1. The van der Waals surface area contributed by atoms with Gasteiger partial charge in [-0.1, -0.05) is 35.1 Å². The van der Waals surface area contributed by atoms with Gasteiger partial charge in [0, 0.05) is 5.56 Å². The summed E-state index contributed by atoms with van der Waals surface area (Å²) in [4.78, 5) is 4.88. The first-order valence-corrected chi connectivity index (χ1v) is 12.0. The molecule has 0 radical (unpaired) electrons. The van der Waals surface area contributed by atoms with Crippen LogP contribution in [0.5, 0.6) is 0 Å². The Morgan fingerprint density at radius 3 is 2.07 bits per heavy atom. The van der Waals surface area contributed by atoms with Crippen LogP contribution < -0.4 is 5.73 Å². The van der Waals surface area contributed by atoms with Crippen molar-refractivity contribution in [1.82, 2.24) is 4.98 Å². The average molecular weight is 403 g/mol. The molecule has 1 aromatic heterocycles. The van der Waals surface area contributed by atoms with Crippen LogP contribution >= 0.6 is 11.3 Å². The summed E-state index contributed by atoms with van der Waals surface area (Å²) in [6.45, 7) is 6.74. The van der Waals surface area contributed by atoms with E-state index in [-0.39, 0.29) is 0 Å². The monoisotopic (exact) mass is 402 g/mol. The first kappa shape index (κ1) is 17.9. The van der Waals surface area contributed by atoms with E-state index in [0.29, 0.717) is 10.5 Å². The Morgan fingerprint density at radius 1 is 0.897 bits per heavy atom. The topological polar surface area (TPSA) is 38.9 Å². The molecule has 4 bridgehead atoms. The molecule has 4 aliphatic carbocycles. The molecule has 3 heteroatoms. The highest BCUT2D eigenvalue weighted by molar-refractivity contribution is 7.22. The van der Waals surface area contributed by atoms with Crippen LogP contribution in [0.2, 0.25) is 0 Å². The molecular weight excluding hydrogens is 372 g/mol. The number of nitrogens with zero attached hydrogens (tertiary/aromatic N) is 1. The van der Waals surface area contributed by atoms with E-state index in [0.717, 1.165) is 23.3 Å². The van der Waals surface area contributed by atoms with Crippen molar-refractivity contribution in [3.63, 3.8) is 0 Å². The molecule has 7 rings (SSSR count). The van der Waals surface area contributed by atoms with Crippen LogP contribution in [-0.4, -0.2) is 4.98 Å². The van der Waals surface area contributed by atoms with Gasteiger partial charge in [-0.25, -0.2) is 4.98 Å². The average Bonchev–Trinajstić information content (AvgIpc) is 3.00. The number of nitrogens with two attached hydrogens (primary N) is 1. The van der Waals surface area contributed by atoms with E-state index in [4.69, 9.17) is 10.7 Å². The molecule has 0 saturated heterocycles. The van der Waals surface area contributed by atoms with Gasteiger partial charge in [-0.15, -0.1) is 0 Å². The van der Waals surface area contributed by atoms with E-state index in [1.165, 1.54) is 71.0 Å². The van der Waals surface area contributed by atoms with E-state index in [9.17, 15) is 0 Å². The molecule has 3 aromatic rings. The minimum absolute atomic E-state index is 0.348. The minimum Gasteiger partial charge on any atom is -0.375 e. The molecule has 0 aliphatic heterocycles. The Bertz CT molecular complexity index is 1080. The van der Waals surface area contributed by atoms with Crippen molar-refractivity contribution in [2.45, 2.75) is 64.7 Å². The van der Waals surface area contributed by atoms with Gasteiger partial charge in [-0.2, -0.15) is 0 Å².